The first-order chi connectivity index (χ1) is 10.7. The van der Waals surface area contributed by atoms with Crippen LogP contribution in [0.4, 0.5) is 5.82 Å². The Morgan fingerprint density at radius 1 is 1.30 bits per heavy atom. The van der Waals surface area contributed by atoms with Crippen LogP contribution in [0.1, 0.15) is 36.0 Å². The maximum absolute atomic E-state index is 6.29. The SMILES string of the molecule is C[C@H]1CNCCN1Cc1nc(N)c2c3c(sc2n1)CCCC3.Cl. The van der Waals surface area contributed by atoms with E-state index in [1.165, 1.54) is 29.7 Å². The van der Waals surface area contributed by atoms with Crippen LogP contribution >= 0.6 is 23.7 Å². The molecule has 3 N–H and O–H groups in total. The zero-order chi connectivity index (χ0) is 15.1. The molecule has 1 saturated heterocycles. The van der Waals surface area contributed by atoms with Gasteiger partial charge in [-0.2, -0.15) is 0 Å². The summed E-state index contributed by atoms with van der Waals surface area (Å²) in [5.41, 5.74) is 7.71. The van der Waals surface area contributed by atoms with E-state index in [4.69, 9.17) is 10.7 Å². The van der Waals surface area contributed by atoms with Gasteiger partial charge in [0, 0.05) is 30.6 Å². The van der Waals surface area contributed by atoms with Crippen molar-refractivity contribution in [3.63, 3.8) is 0 Å². The lowest BCUT2D eigenvalue weighted by Gasteiger charge is -2.33. The molecule has 7 heteroatoms. The van der Waals surface area contributed by atoms with Crippen molar-refractivity contribution in [2.24, 2.45) is 0 Å². The molecule has 3 heterocycles. The summed E-state index contributed by atoms with van der Waals surface area (Å²) in [6.07, 6.45) is 4.87. The first kappa shape index (κ1) is 16.9. The first-order valence-corrected chi connectivity index (χ1v) is 9.05. The fraction of sp³-hybridized carbons (Fsp3) is 0.625. The number of aromatic nitrogens is 2. The maximum atomic E-state index is 6.29. The zero-order valence-electron chi connectivity index (χ0n) is 13.5. The number of thiophene rings is 1. The van der Waals surface area contributed by atoms with Gasteiger partial charge < -0.3 is 11.1 Å². The Kier molecular flexibility index (Phi) is 5.06. The van der Waals surface area contributed by atoms with Gasteiger partial charge in [0.1, 0.15) is 16.5 Å². The molecular weight excluding hydrogens is 330 g/mol. The molecule has 5 nitrogen and oxygen atoms in total. The normalized spacial score (nSPS) is 21.9. The van der Waals surface area contributed by atoms with Crippen LogP contribution < -0.4 is 11.1 Å². The number of nitrogens with one attached hydrogen (secondary N) is 1. The third-order valence-corrected chi connectivity index (χ3v) is 6.06. The van der Waals surface area contributed by atoms with Crippen LogP contribution in [0.2, 0.25) is 0 Å². The summed E-state index contributed by atoms with van der Waals surface area (Å²) in [7, 11) is 0. The van der Waals surface area contributed by atoms with Crippen LogP contribution in [-0.2, 0) is 19.4 Å². The molecule has 0 amide bonds. The molecule has 23 heavy (non-hydrogen) atoms. The van der Waals surface area contributed by atoms with Crippen molar-refractivity contribution < 1.29 is 0 Å². The van der Waals surface area contributed by atoms with E-state index in [-0.39, 0.29) is 12.4 Å². The highest BCUT2D eigenvalue weighted by Crippen LogP contribution is 2.37. The molecule has 1 aliphatic carbocycles. The smallest absolute Gasteiger partial charge is 0.146 e. The summed E-state index contributed by atoms with van der Waals surface area (Å²) in [5, 5.41) is 4.56. The summed E-state index contributed by atoms with van der Waals surface area (Å²) in [5.74, 6) is 1.56. The monoisotopic (exact) mass is 353 g/mol. The minimum Gasteiger partial charge on any atom is -0.383 e. The van der Waals surface area contributed by atoms with Gasteiger partial charge in [-0.15, -0.1) is 23.7 Å². The van der Waals surface area contributed by atoms with E-state index in [0.717, 1.165) is 48.6 Å². The number of nitrogen functional groups attached to an aromatic ring is 1. The first-order valence-electron chi connectivity index (χ1n) is 8.24. The van der Waals surface area contributed by atoms with Crippen molar-refractivity contribution in [1.29, 1.82) is 0 Å². The molecule has 1 aliphatic heterocycles. The van der Waals surface area contributed by atoms with E-state index >= 15 is 0 Å². The molecule has 126 valence electrons. The van der Waals surface area contributed by atoms with Crippen LogP contribution in [0.25, 0.3) is 10.2 Å². The quantitative estimate of drug-likeness (QED) is 0.867. The molecular formula is C16H24ClN5S. The maximum Gasteiger partial charge on any atom is 0.146 e. The summed E-state index contributed by atoms with van der Waals surface area (Å²) in [4.78, 5) is 14.5. The number of piperazine rings is 1. The van der Waals surface area contributed by atoms with Gasteiger partial charge in [-0.3, -0.25) is 4.90 Å². The van der Waals surface area contributed by atoms with Crippen molar-refractivity contribution >= 4 is 39.8 Å². The third-order valence-electron chi connectivity index (χ3n) is 4.87. The molecule has 0 spiro atoms. The molecule has 2 aliphatic rings. The number of nitrogens with two attached hydrogens (primary N) is 1. The number of hydrogen-bond acceptors (Lipinski definition) is 6. The topological polar surface area (TPSA) is 67.1 Å². The lowest BCUT2D eigenvalue weighted by Crippen LogP contribution is -2.49. The molecule has 4 rings (SSSR count). The van der Waals surface area contributed by atoms with Crippen molar-refractivity contribution in [1.82, 2.24) is 20.2 Å². The zero-order valence-corrected chi connectivity index (χ0v) is 15.1. The van der Waals surface area contributed by atoms with Gasteiger partial charge in [0.05, 0.1) is 11.9 Å². The number of anilines is 1. The Balaban J connectivity index is 0.00000156. The highest BCUT2D eigenvalue weighted by Gasteiger charge is 2.22. The third kappa shape index (κ3) is 3.18. The second kappa shape index (κ2) is 6.89. The minimum absolute atomic E-state index is 0. The van der Waals surface area contributed by atoms with Crippen LogP contribution in [0.15, 0.2) is 0 Å². The van der Waals surface area contributed by atoms with E-state index in [1.807, 2.05) is 11.3 Å². The Morgan fingerprint density at radius 2 is 2.13 bits per heavy atom. The second-order valence-electron chi connectivity index (χ2n) is 6.44. The average molecular weight is 354 g/mol. The summed E-state index contributed by atoms with van der Waals surface area (Å²) >= 11 is 1.83. The van der Waals surface area contributed by atoms with Gasteiger partial charge >= 0.3 is 0 Å². The fourth-order valence-corrected chi connectivity index (χ4v) is 4.89. The van der Waals surface area contributed by atoms with Crippen molar-refractivity contribution in [2.75, 3.05) is 25.4 Å². The van der Waals surface area contributed by atoms with Crippen molar-refractivity contribution in [3.05, 3.63) is 16.3 Å². The number of rotatable bonds is 2. The number of hydrogen-bond donors (Lipinski definition) is 2. The Bertz CT molecular complexity index is 701. The number of aryl methyl sites for hydroxylation is 2. The van der Waals surface area contributed by atoms with Gasteiger partial charge in [-0.05, 0) is 38.2 Å². The summed E-state index contributed by atoms with van der Waals surface area (Å²) < 4.78 is 0. The average Bonchev–Trinajstić information content (AvgIpc) is 2.88. The molecule has 2 aromatic rings. The number of fused-ring (bicyclic) bond motifs is 3. The molecule has 2 aromatic heterocycles. The summed E-state index contributed by atoms with van der Waals surface area (Å²) in [6, 6.07) is 0.519. The highest BCUT2D eigenvalue weighted by molar-refractivity contribution is 7.19. The second-order valence-corrected chi connectivity index (χ2v) is 7.52. The predicted octanol–water partition coefficient (Wildman–Crippen LogP) is 2.37. The Labute approximate surface area is 147 Å². The van der Waals surface area contributed by atoms with E-state index in [9.17, 15) is 0 Å². The molecule has 0 radical (unpaired) electrons. The minimum atomic E-state index is 0. The van der Waals surface area contributed by atoms with Crippen molar-refractivity contribution in [3.8, 4) is 0 Å². The number of halogens is 1. The lowest BCUT2D eigenvalue weighted by atomic mass is 9.97. The van der Waals surface area contributed by atoms with Gasteiger partial charge in [-0.25, -0.2) is 9.97 Å². The lowest BCUT2D eigenvalue weighted by molar-refractivity contribution is 0.162. The van der Waals surface area contributed by atoms with Gasteiger partial charge in [0.2, 0.25) is 0 Å². The van der Waals surface area contributed by atoms with Crippen LogP contribution in [0, 0.1) is 0 Å². The van der Waals surface area contributed by atoms with Crippen molar-refractivity contribution in [2.45, 2.75) is 45.2 Å². The standard InChI is InChI=1S/C16H23N5S.ClH/c1-10-8-18-6-7-21(10)9-13-19-15(17)14-11-4-2-3-5-12(11)22-16(14)20-13;/h10,18H,2-9H2,1H3,(H2,17,19,20);1H/t10-;/m0./s1. The molecule has 0 saturated carbocycles. The van der Waals surface area contributed by atoms with E-state index in [1.54, 1.807) is 0 Å². The van der Waals surface area contributed by atoms with Crippen LogP contribution in [0.5, 0.6) is 0 Å². The predicted molar refractivity (Wildman–Crippen MR) is 98.5 cm³/mol. The van der Waals surface area contributed by atoms with E-state index in [2.05, 4.69) is 22.1 Å². The molecule has 0 bridgehead atoms. The fourth-order valence-electron chi connectivity index (χ4n) is 3.60. The molecule has 0 unspecified atom stereocenters. The number of nitrogens with zero attached hydrogens (tertiary/aromatic N) is 3. The summed E-state index contributed by atoms with van der Waals surface area (Å²) in [6.45, 7) is 6.16. The van der Waals surface area contributed by atoms with Gasteiger partial charge in [-0.1, -0.05) is 0 Å². The van der Waals surface area contributed by atoms with E-state index in [0.29, 0.717) is 11.9 Å². The highest BCUT2D eigenvalue weighted by atomic mass is 35.5. The Morgan fingerprint density at radius 3 is 2.96 bits per heavy atom. The van der Waals surface area contributed by atoms with Gasteiger partial charge in [0.15, 0.2) is 0 Å². The molecule has 1 atom stereocenters. The molecule has 0 aromatic carbocycles. The molecule has 1 fully saturated rings. The van der Waals surface area contributed by atoms with E-state index < -0.39 is 0 Å². The van der Waals surface area contributed by atoms with Crippen LogP contribution in [-0.4, -0.2) is 40.5 Å². The Hall–Kier alpha value is -0.950. The van der Waals surface area contributed by atoms with Crippen LogP contribution in [0.3, 0.4) is 0 Å². The largest absolute Gasteiger partial charge is 0.383 e. The van der Waals surface area contributed by atoms with Gasteiger partial charge in [0.25, 0.3) is 0 Å².